The van der Waals surface area contributed by atoms with E-state index in [2.05, 4.69) is 43.9 Å². The van der Waals surface area contributed by atoms with Crippen molar-refractivity contribution in [1.29, 1.82) is 0 Å². The van der Waals surface area contributed by atoms with Crippen LogP contribution in [0.3, 0.4) is 0 Å². The van der Waals surface area contributed by atoms with Gasteiger partial charge in [-0.3, -0.25) is 4.79 Å². The van der Waals surface area contributed by atoms with Gasteiger partial charge in [-0.25, -0.2) is 15.0 Å². The van der Waals surface area contributed by atoms with Crippen LogP contribution < -0.4 is 5.32 Å². The summed E-state index contributed by atoms with van der Waals surface area (Å²) in [7, 11) is 0. The molecular formula is C23H27ClN8O2S. The predicted octanol–water partition coefficient (Wildman–Crippen LogP) is 3.73. The number of amides is 1. The number of hydrogen-bond acceptors (Lipinski definition) is 8. The van der Waals surface area contributed by atoms with Crippen LogP contribution in [0.15, 0.2) is 24.7 Å². The molecule has 35 heavy (non-hydrogen) atoms. The maximum Gasteiger partial charge on any atom is 0.280 e. The number of thiazole rings is 1. The highest BCUT2D eigenvalue weighted by atomic mass is 35.5. The van der Waals surface area contributed by atoms with Crippen LogP contribution in [-0.4, -0.2) is 51.6 Å². The quantitative estimate of drug-likeness (QED) is 0.385. The summed E-state index contributed by atoms with van der Waals surface area (Å²) in [6.45, 7) is 4.18. The molecule has 0 aliphatic heterocycles. The summed E-state index contributed by atoms with van der Waals surface area (Å²) >= 11 is 7.14. The molecule has 12 heteroatoms. The van der Waals surface area contributed by atoms with Gasteiger partial charge in [-0.05, 0) is 31.6 Å². The lowest BCUT2D eigenvalue weighted by molar-refractivity contribution is 0.0920. The SMILES string of the molecule is CC(C)Cc1nc2cnc(-n3ncc(CO)n3)cc2n1[C@@H]1CCC[C@H](NC(=O)c2ncc(Cl)s2)C1. The molecule has 0 radical (unpaired) electrons. The fraction of sp³-hybridized carbons (Fsp3) is 0.478. The molecule has 0 aromatic carbocycles. The standard InChI is InChI=1S/C23H27ClN8O2S/c1-13(2)6-21-29-17-10-25-20(32-27-9-15(12-33)30-32)8-18(17)31(21)16-5-3-4-14(7-16)28-22(34)23-26-11-19(24)35-23/h8-11,13-14,16,33H,3-7,12H2,1-2H3,(H,28,34)/t14-,16+/m0/s1. The number of nitrogens with zero attached hydrogens (tertiary/aromatic N) is 7. The van der Waals surface area contributed by atoms with Crippen molar-refractivity contribution in [3.05, 3.63) is 45.5 Å². The van der Waals surface area contributed by atoms with Gasteiger partial charge in [0.25, 0.3) is 5.91 Å². The van der Waals surface area contributed by atoms with Crippen molar-refractivity contribution in [2.24, 2.45) is 5.92 Å². The summed E-state index contributed by atoms with van der Waals surface area (Å²) in [5.41, 5.74) is 2.27. The maximum atomic E-state index is 12.7. The Balaban J connectivity index is 1.46. The molecule has 0 bridgehead atoms. The first kappa shape index (κ1) is 23.8. The van der Waals surface area contributed by atoms with Crippen LogP contribution in [0.4, 0.5) is 0 Å². The number of carbonyl (C=O) groups excluding carboxylic acids is 1. The summed E-state index contributed by atoms with van der Waals surface area (Å²) in [6.07, 6.45) is 9.33. The summed E-state index contributed by atoms with van der Waals surface area (Å²) in [4.78, 5) is 27.6. The van der Waals surface area contributed by atoms with E-state index in [1.807, 2.05) is 6.07 Å². The second-order valence-corrected chi connectivity index (χ2v) is 10.9. The first-order valence-electron chi connectivity index (χ1n) is 11.7. The van der Waals surface area contributed by atoms with Crippen molar-refractivity contribution >= 4 is 39.9 Å². The van der Waals surface area contributed by atoms with Gasteiger partial charge in [-0.2, -0.15) is 5.10 Å². The van der Waals surface area contributed by atoms with Gasteiger partial charge >= 0.3 is 0 Å². The van der Waals surface area contributed by atoms with Crippen molar-refractivity contribution in [2.75, 3.05) is 0 Å². The Labute approximate surface area is 211 Å². The van der Waals surface area contributed by atoms with Gasteiger partial charge in [0.2, 0.25) is 0 Å². The van der Waals surface area contributed by atoms with Crippen LogP contribution in [-0.2, 0) is 13.0 Å². The molecule has 4 aromatic heterocycles. The van der Waals surface area contributed by atoms with Crippen LogP contribution in [0.1, 0.15) is 66.9 Å². The Bertz CT molecular complexity index is 1350. The van der Waals surface area contributed by atoms with E-state index in [0.717, 1.165) is 49.0 Å². The van der Waals surface area contributed by atoms with Crippen LogP contribution in [0.25, 0.3) is 16.9 Å². The molecule has 1 fully saturated rings. The van der Waals surface area contributed by atoms with Crippen LogP contribution in [0.5, 0.6) is 0 Å². The van der Waals surface area contributed by atoms with Gasteiger partial charge < -0.3 is 15.0 Å². The molecule has 1 saturated carbocycles. The number of pyridine rings is 1. The Morgan fingerprint density at radius 3 is 2.86 bits per heavy atom. The number of hydrogen-bond donors (Lipinski definition) is 2. The molecule has 4 aromatic rings. The summed E-state index contributed by atoms with van der Waals surface area (Å²) in [5.74, 6) is 1.84. The highest BCUT2D eigenvalue weighted by Gasteiger charge is 2.29. The third kappa shape index (κ3) is 5.07. The largest absolute Gasteiger partial charge is 0.390 e. The van der Waals surface area contributed by atoms with E-state index in [-0.39, 0.29) is 24.6 Å². The number of aromatic nitrogens is 7. The molecule has 184 valence electrons. The second kappa shape index (κ2) is 10.00. The summed E-state index contributed by atoms with van der Waals surface area (Å²) in [6, 6.07) is 2.17. The molecule has 0 unspecified atom stereocenters. The Hall–Kier alpha value is -2.89. The minimum atomic E-state index is -0.179. The van der Waals surface area contributed by atoms with Crippen LogP contribution in [0, 0.1) is 5.92 Å². The van der Waals surface area contributed by atoms with Gasteiger partial charge in [0, 0.05) is 24.6 Å². The normalized spacial score (nSPS) is 18.4. The number of rotatable bonds is 7. The van der Waals surface area contributed by atoms with E-state index >= 15 is 0 Å². The average Bonchev–Trinajstić information content (AvgIpc) is 3.56. The molecule has 4 heterocycles. The zero-order valence-corrected chi connectivity index (χ0v) is 21.1. The Kier molecular flexibility index (Phi) is 6.81. The molecule has 1 aliphatic carbocycles. The van der Waals surface area contributed by atoms with Crippen LogP contribution in [0.2, 0.25) is 4.34 Å². The first-order valence-corrected chi connectivity index (χ1v) is 12.9. The maximum absolute atomic E-state index is 12.7. The molecule has 2 atom stereocenters. The molecule has 1 amide bonds. The first-order chi connectivity index (χ1) is 16.9. The van der Waals surface area contributed by atoms with Crippen molar-refractivity contribution in [2.45, 2.75) is 64.6 Å². The lowest BCUT2D eigenvalue weighted by atomic mass is 9.90. The lowest BCUT2D eigenvalue weighted by Gasteiger charge is -2.32. The van der Waals surface area contributed by atoms with Crippen molar-refractivity contribution in [3.8, 4) is 5.82 Å². The Morgan fingerprint density at radius 2 is 2.14 bits per heavy atom. The Morgan fingerprint density at radius 1 is 1.29 bits per heavy atom. The zero-order valence-electron chi connectivity index (χ0n) is 19.6. The van der Waals surface area contributed by atoms with E-state index in [1.165, 1.54) is 28.5 Å². The molecule has 2 N–H and O–H groups in total. The van der Waals surface area contributed by atoms with E-state index in [9.17, 15) is 9.90 Å². The number of halogens is 1. The number of nitrogens with one attached hydrogen (secondary N) is 1. The van der Waals surface area contributed by atoms with Gasteiger partial charge in [0.05, 0.1) is 30.7 Å². The number of fused-ring (bicyclic) bond motifs is 1. The average molecular weight is 515 g/mol. The number of aliphatic hydroxyl groups excluding tert-OH is 1. The minimum Gasteiger partial charge on any atom is -0.390 e. The summed E-state index contributed by atoms with van der Waals surface area (Å²) < 4.78 is 2.82. The monoisotopic (exact) mass is 514 g/mol. The van der Waals surface area contributed by atoms with E-state index in [1.54, 1.807) is 6.20 Å². The number of aliphatic hydroxyl groups is 1. The topological polar surface area (TPSA) is 124 Å². The van der Waals surface area contributed by atoms with E-state index < -0.39 is 0 Å². The molecular weight excluding hydrogens is 488 g/mol. The van der Waals surface area contributed by atoms with Crippen molar-refractivity contribution < 1.29 is 9.90 Å². The molecule has 0 saturated heterocycles. The minimum absolute atomic E-state index is 0.0366. The van der Waals surface area contributed by atoms with Crippen molar-refractivity contribution in [1.82, 2.24) is 39.8 Å². The fourth-order valence-electron chi connectivity index (χ4n) is 4.68. The molecule has 0 spiro atoms. The lowest BCUT2D eigenvalue weighted by Crippen LogP contribution is -2.39. The molecule has 5 rings (SSSR count). The highest BCUT2D eigenvalue weighted by molar-refractivity contribution is 7.17. The zero-order chi connectivity index (χ0) is 24.5. The van der Waals surface area contributed by atoms with Gasteiger partial charge in [0.1, 0.15) is 21.4 Å². The van der Waals surface area contributed by atoms with Crippen LogP contribution >= 0.6 is 22.9 Å². The number of imidazole rings is 1. The van der Waals surface area contributed by atoms with Crippen molar-refractivity contribution in [3.63, 3.8) is 0 Å². The van der Waals surface area contributed by atoms with E-state index in [4.69, 9.17) is 16.6 Å². The summed E-state index contributed by atoms with van der Waals surface area (Å²) in [5, 5.41) is 21.4. The predicted molar refractivity (Wildman–Crippen MR) is 133 cm³/mol. The highest BCUT2D eigenvalue weighted by Crippen LogP contribution is 2.34. The van der Waals surface area contributed by atoms with Gasteiger partial charge in [0.15, 0.2) is 10.8 Å². The molecule has 10 nitrogen and oxygen atoms in total. The third-order valence-electron chi connectivity index (χ3n) is 6.15. The van der Waals surface area contributed by atoms with Gasteiger partial charge in [-0.15, -0.1) is 9.90 Å². The van der Waals surface area contributed by atoms with E-state index in [0.29, 0.717) is 26.8 Å². The smallest absolute Gasteiger partial charge is 0.280 e. The van der Waals surface area contributed by atoms with Gasteiger partial charge in [-0.1, -0.05) is 36.8 Å². The number of carbonyl (C=O) groups is 1. The second-order valence-electron chi connectivity index (χ2n) is 9.27. The third-order valence-corrected chi connectivity index (χ3v) is 7.26. The molecule has 1 aliphatic rings. The fourth-order valence-corrected chi connectivity index (χ4v) is 5.49.